The van der Waals surface area contributed by atoms with Crippen molar-refractivity contribution in [3.63, 3.8) is 0 Å². The SMILES string of the molecule is CC(=O)N1CCc2sc(S(=O)(=O)N3CCN(c4ccccc4C)CC3)cc2C1. The van der Waals surface area contributed by atoms with Gasteiger partial charge in [0.2, 0.25) is 5.91 Å². The molecule has 0 spiro atoms. The smallest absolute Gasteiger partial charge is 0.252 e. The Kier molecular flexibility index (Phi) is 5.20. The molecular formula is C20H25N3O3S2. The van der Waals surface area contributed by atoms with Gasteiger partial charge < -0.3 is 9.80 Å². The summed E-state index contributed by atoms with van der Waals surface area (Å²) in [5.41, 5.74) is 3.36. The van der Waals surface area contributed by atoms with E-state index in [9.17, 15) is 13.2 Å². The van der Waals surface area contributed by atoms with Crippen molar-refractivity contribution >= 4 is 33.0 Å². The van der Waals surface area contributed by atoms with Crippen LogP contribution in [-0.2, 0) is 27.8 Å². The number of carbonyl (C=O) groups excluding carboxylic acids is 1. The number of hydrogen-bond donors (Lipinski definition) is 0. The summed E-state index contributed by atoms with van der Waals surface area (Å²) in [6.07, 6.45) is 0.732. The zero-order valence-corrected chi connectivity index (χ0v) is 17.9. The fourth-order valence-electron chi connectivity index (χ4n) is 3.92. The summed E-state index contributed by atoms with van der Waals surface area (Å²) in [6, 6.07) is 9.99. The quantitative estimate of drug-likeness (QED) is 0.767. The summed E-state index contributed by atoms with van der Waals surface area (Å²) in [6.45, 7) is 7.16. The molecule has 2 aliphatic heterocycles. The molecule has 0 aliphatic carbocycles. The second-order valence-corrected chi connectivity index (χ2v) is 10.7. The van der Waals surface area contributed by atoms with Gasteiger partial charge in [0.05, 0.1) is 0 Å². The number of aryl methyl sites for hydroxylation is 1. The molecule has 1 saturated heterocycles. The van der Waals surface area contributed by atoms with E-state index in [0.717, 1.165) is 16.9 Å². The lowest BCUT2D eigenvalue weighted by molar-refractivity contribution is -0.129. The van der Waals surface area contributed by atoms with Crippen LogP contribution in [-0.4, -0.2) is 56.3 Å². The molecule has 1 aromatic heterocycles. The van der Waals surface area contributed by atoms with Crippen LogP contribution in [0.2, 0.25) is 0 Å². The highest BCUT2D eigenvalue weighted by molar-refractivity contribution is 7.91. The Bertz CT molecular complexity index is 992. The highest BCUT2D eigenvalue weighted by Gasteiger charge is 2.32. The molecule has 0 unspecified atom stereocenters. The van der Waals surface area contributed by atoms with E-state index in [4.69, 9.17) is 0 Å². The molecular weight excluding hydrogens is 394 g/mol. The van der Waals surface area contributed by atoms with Gasteiger partial charge in [-0.2, -0.15) is 4.31 Å². The van der Waals surface area contributed by atoms with Crippen molar-refractivity contribution in [2.75, 3.05) is 37.6 Å². The number of hydrogen-bond acceptors (Lipinski definition) is 5. The third kappa shape index (κ3) is 3.56. The molecule has 0 atom stereocenters. The standard InChI is InChI=1S/C20H25N3O3S2/c1-15-5-3-4-6-18(15)21-9-11-23(12-10-21)28(25,26)20-13-17-14-22(16(2)24)8-7-19(17)27-20/h3-6,13H,7-12,14H2,1-2H3. The summed E-state index contributed by atoms with van der Waals surface area (Å²) in [4.78, 5) is 16.7. The van der Waals surface area contributed by atoms with Crippen LogP contribution in [0.25, 0.3) is 0 Å². The molecule has 0 radical (unpaired) electrons. The maximum Gasteiger partial charge on any atom is 0.252 e. The minimum absolute atomic E-state index is 0.0357. The molecule has 8 heteroatoms. The Morgan fingerprint density at radius 2 is 1.79 bits per heavy atom. The molecule has 2 aromatic rings. The summed E-state index contributed by atoms with van der Waals surface area (Å²) < 4.78 is 28.3. The first-order valence-corrected chi connectivity index (χ1v) is 11.8. The second-order valence-electron chi connectivity index (χ2n) is 7.38. The maximum absolute atomic E-state index is 13.2. The van der Waals surface area contributed by atoms with Crippen LogP contribution in [0.1, 0.15) is 22.9 Å². The highest BCUT2D eigenvalue weighted by atomic mass is 32.2. The van der Waals surface area contributed by atoms with E-state index < -0.39 is 10.0 Å². The van der Waals surface area contributed by atoms with E-state index in [-0.39, 0.29) is 5.91 Å². The zero-order valence-electron chi connectivity index (χ0n) is 16.2. The lowest BCUT2D eigenvalue weighted by atomic mass is 10.1. The van der Waals surface area contributed by atoms with Gasteiger partial charge in [0.25, 0.3) is 10.0 Å². The van der Waals surface area contributed by atoms with Crippen LogP contribution >= 0.6 is 11.3 Å². The largest absolute Gasteiger partial charge is 0.369 e. The molecule has 1 fully saturated rings. The van der Waals surface area contributed by atoms with Crippen LogP contribution in [0.4, 0.5) is 5.69 Å². The Labute approximate surface area is 170 Å². The number of benzene rings is 1. The zero-order chi connectivity index (χ0) is 19.9. The molecule has 0 bridgehead atoms. The number of anilines is 1. The van der Waals surface area contributed by atoms with Crippen molar-refractivity contribution in [1.82, 2.24) is 9.21 Å². The summed E-state index contributed by atoms with van der Waals surface area (Å²) in [7, 11) is -3.49. The third-order valence-corrected chi connectivity index (χ3v) is 9.16. The number of rotatable bonds is 3. The van der Waals surface area contributed by atoms with Crippen molar-refractivity contribution in [2.45, 2.75) is 31.0 Å². The number of sulfonamides is 1. The van der Waals surface area contributed by atoms with Crippen LogP contribution in [0.3, 0.4) is 0 Å². The normalized spacial score (nSPS) is 18.2. The summed E-state index contributed by atoms with van der Waals surface area (Å²) in [5, 5.41) is 0. The van der Waals surface area contributed by atoms with Crippen molar-refractivity contribution in [2.24, 2.45) is 0 Å². The van der Waals surface area contributed by atoms with Crippen LogP contribution in [0.15, 0.2) is 34.5 Å². The lowest BCUT2D eigenvalue weighted by Crippen LogP contribution is -2.48. The molecule has 0 saturated carbocycles. The van der Waals surface area contributed by atoms with Gasteiger partial charge in [0.15, 0.2) is 0 Å². The predicted molar refractivity (Wildman–Crippen MR) is 111 cm³/mol. The maximum atomic E-state index is 13.2. The van der Waals surface area contributed by atoms with Crippen molar-refractivity contribution in [3.8, 4) is 0 Å². The summed E-state index contributed by atoms with van der Waals surface area (Å²) in [5.74, 6) is 0.0357. The molecule has 2 aliphatic rings. The number of carbonyl (C=O) groups is 1. The van der Waals surface area contributed by atoms with Crippen molar-refractivity contribution in [1.29, 1.82) is 0 Å². The van der Waals surface area contributed by atoms with Gasteiger partial charge in [-0.3, -0.25) is 4.79 Å². The second kappa shape index (κ2) is 7.50. The Morgan fingerprint density at radius 3 is 2.46 bits per heavy atom. The Morgan fingerprint density at radius 1 is 1.07 bits per heavy atom. The van der Waals surface area contributed by atoms with E-state index in [1.54, 1.807) is 22.2 Å². The number of piperazine rings is 1. The molecule has 3 heterocycles. The van der Waals surface area contributed by atoms with E-state index in [2.05, 4.69) is 24.0 Å². The van der Waals surface area contributed by atoms with Gasteiger partial charge in [-0.25, -0.2) is 8.42 Å². The minimum atomic E-state index is -3.49. The number of nitrogens with zero attached hydrogens (tertiary/aromatic N) is 3. The van der Waals surface area contributed by atoms with Crippen molar-refractivity contribution < 1.29 is 13.2 Å². The molecule has 4 rings (SSSR count). The predicted octanol–water partition coefficient (Wildman–Crippen LogP) is 2.47. The van der Waals surface area contributed by atoms with Crippen LogP contribution < -0.4 is 4.90 Å². The summed E-state index contributed by atoms with van der Waals surface area (Å²) >= 11 is 1.37. The van der Waals surface area contributed by atoms with E-state index in [1.165, 1.54) is 22.6 Å². The average molecular weight is 420 g/mol. The van der Waals surface area contributed by atoms with E-state index in [0.29, 0.717) is 43.5 Å². The Hall–Kier alpha value is -1.90. The van der Waals surface area contributed by atoms with Gasteiger partial charge in [-0.15, -0.1) is 11.3 Å². The first-order valence-electron chi connectivity index (χ1n) is 9.54. The monoisotopic (exact) mass is 419 g/mol. The molecule has 28 heavy (non-hydrogen) atoms. The van der Waals surface area contributed by atoms with Gasteiger partial charge >= 0.3 is 0 Å². The fourth-order valence-corrected chi connectivity index (χ4v) is 7.04. The number of para-hydroxylation sites is 1. The lowest BCUT2D eigenvalue weighted by Gasteiger charge is -2.35. The average Bonchev–Trinajstić information content (AvgIpc) is 3.13. The van der Waals surface area contributed by atoms with Gasteiger partial charge in [0, 0.05) is 56.8 Å². The first-order chi connectivity index (χ1) is 13.4. The first kappa shape index (κ1) is 19.4. The molecule has 0 N–H and O–H groups in total. The fraction of sp³-hybridized carbons (Fsp3) is 0.450. The molecule has 1 aromatic carbocycles. The third-order valence-electron chi connectivity index (χ3n) is 5.58. The van der Waals surface area contributed by atoms with E-state index >= 15 is 0 Å². The van der Waals surface area contributed by atoms with Crippen molar-refractivity contribution in [3.05, 3.63) is 46.3 Å². The highest BCUT2D eigenvalue weighted by Crippen LogP contribution is 2.33. The number of fused-ring (bicyclic) bond motifs is 1. The molecule has 1 amide bonds. The van der Waals surface area contributed by atoms with E-state index in [1.807, 2.05) is 12.1 Å². The van der Waals surface area contributed by atoms with Gasteiger partial charge in [-0.1, -0.05) is 18.2 Å². The topological polar surface area (TPSA) is 60.9 Å². The van der Waals surface area contributed by atoms with Crippen LogP contribution in [0.5, 0.6) is 0 Å². The van der Waals surface area contributed by atoms with Gasteiger partial charge in [-0.05, 0) is 36.6 Å². The molecule has 6 nitrogen and oxygen atoms in total. The molecule has 150 valence electrons. The minimum Gasteiger partial charge on any atom is -0.369 e. The number of amides is 1. The van der Waals surface area contributed by atoms with Crippen LogP contribution in [0, 0.1) is 6.92 Å². The Balaban J connectivity index is 1.48. The number of thiophene rings is 1. The van der Waals surface area contributed by atoms with Gasteiger partial charge in [0.1, 0.15) is 4.21 Å².